The molecule has 6 heteroatoms. The molecule has 24 heavy (non-hydrogen) atoms. The third-order valence-electron chi connectivity index (χ3n) is 4.80. The van der Waals surface area contributed by atoms with Crippen LogP contribution in [0.25, 0.3) is 10.9 Å². The van der Waals surface area contributed by atoms with Crippen LogP contribution in [0.15, 0.2) is 30.5 Å². The van der Waals surface area contributed by atoms with Crippen LogP contribution in [-0.2, 0) is 27.3 Å². The summed E-state index contributed by atoms with van der Waals surface area (Å²) in [6, 6.07) is 7.46. The van der Waals surface area contributed by atoms with E-state index < -0.39 is 11.9 Å². The molecular weight excluding hydrogens is 306 g/mol. The van der Waals surface area contributed by atoms with Crippen LogP contribution < -0.4 is 5.73 Å². The van der Waals surface area contributed by atoms with E-state index in [4.69, 9.17) is 10.5 Å². The average Bonchev–Trinajstić information content (AvgIpc) is 3.17. The van der Waals surface area contributed by atoms with Crippen LogP contribution in [0.4, 0.5) is 0 Å². The number of carbonyl (C=O) groups is 2. The van der Waals surface area contributed by atoms with E-state index in [1.807, 2.05) is 24.4 Å². The van der Waals surface area contributed by atoms with Gasteiger partial charge in [-0.3, -0.25) is 9.59 Å². The number of para-hydroxylation sites is 1. The molecule has 2 atom stereocenters. The van der Waals surface area contributed by atoms with Crippen molar-refractivity contribution in [2.45, 2.75) is 38.5 Å². The standard InChI is InChI=1S/C18H23N3O3/c1-3-20-10-12(14-6-4-5-7-15(14)20)8-17(22)21-11-13(24-2)9-16(21)18(19)23/h4-7,10,13,16H,3,8-9,11H2,1-2H3,(H2,19,23)/t13-,16-/m0/s1. The first-order valence-electron chi connectivity index (χ1n) is 8.23. The molecule has 1 aromatic carbocycles. The van der Waals surface area contributed by atoms with Gasteiger partial charge < -0.3 is 19.9 Å². The molecule has 0 radical (unpaired) electrons. The van der Waals surface area contributed by atoms with Gasteiger partial charge in [0, 0.05) is 43.7 Å². The van der Waals surface area contributed by atoms with Crippen molar-refractivity contribution in [1.82, 2.24) is 9.47 Å². The summed E-state index contributed by atoms with van der Waals surface area (Å²) in [5, 5.41) is 1.07. The van der Waals surface area contributed by atoms with Gasteiger partial charge in [0.05, 0.1) is 12.5 Å². The SMILES string of the molecule is CCn1cc(CC(=O)N2C[C@@H](OC)C[C@H]2C(N)=O)c2ccccc21. The van der Waals surface area contributed by atoms with Crippen LogP contribution in [0.1, 0.15) is 18.9 Å². The number of amides is 2. The predicted molar refractivity (Wildman–Crippen MR) is 91.4 cm³/mol. The van der Waals surface area contributed by atoms with Gasteiger partial charge in [-0.1, -0.05) is 18.2 Å². The summed E-state index contributed by atoms with van der Waals surface area (Å²) in [6.07, 6.45) is 2.61. The van der Waals surface area contributed by atoms with Gasteiger partial charge in [0.1, 0.15) is 6.04 Å². The van der Waals surface area contributed by atoms with Crippen molar-refractivity contribution in [2.24, 2.45) is 5.73 Å². The first-order chi connectivity index (χ1) is 11.5. The Balaban J connectivity index is 1.86. The molecule has 0 unspecified atom stereocenters. The lowest BCUT2D eigenvalue weighted by Gasteiger charge is -2.21. The van der Waals surface area contributed by atoms with Crippen LogP contribution in [0, 0.1) is 0 Å². The Hall–Kier alpha value is -2.34. The fourth-order valence-corrected chi connectivity index (χ4v) is 3.50. The van der Waals surface area contributed by atoms with E-state index >= 15 is 0 Å². The molecule has 0 spiro atoms. The third kappa shape index (κ3) is 2.89. The van der Waals surface area contributed by atoms with E-state index in [0.29, 0.717) is 13.0 Å². The number of hydrogen-bond donors (Lipinski definition) is 1. The molecule has 6 nitrogen and oxygen atoms in total. The highest BCUT2D eigenvalue weighted by Gasteiger charge is 2.38. The van der Waals surface area contributed by atoms with Crippen molar-refractivity contribution in [3.05, 3.63) is 36.0 Å². The number of benzene rings is 1. The first-order valence-corrected chi connectivity index (χ1v) is 8.23. The Labute approximate surface area is 141 Å². The van der Waals surface area contributed by atoms with E-state index in [9.17, 15) is 9.59 Å². The topological polar surface area (TPSA) is 77.6 Å². The molecule has 2 amide bonds. The van der Waals surface area contributed by atoms with Crippen LogP contribution in [0.5, 0.6) is 0 Å². The van der Waals surface area contributed by atoms with Crippen molar-refractivity contribution in [3.8, 4) is 0 Å². The molecule has 1 fully saturated rings. The molecule has 1 aromatic heterocycles. The van der Waals surface area contributed by atoms with Crippen LogP contribution in [-0.4, -0.2) is 47.1 Å². The number of hydrogen-bond acceptors (Lipinski definition) is 3. The highest BCUT2D eigenvalue weighted by molar-refractivity contribution is 5.92. The van der Waals surface area contributed by atoms with Crippen LogP contribution >= 0.6 is 0 Å². The fraction of sp³-hybridized carbons (Fsp3) is 0.444. The van der Waals surface area contributed by atoms with E-state index in [1.165, 1.54) is 0 Å². The number of aromatic nitrogens is 1. The Morgan fingerprint density at radius 1 is 1.33 bits per heavy atom. The van der Waals surface area contributed by atoms with Crippen molar-refractivity contribution in [1.29, 1.82) is 0 Å². The van der Waals surface area contributed by atoms with Crippen molar-refractivity contribution >= 4 is 22.7 Å². The Morgan fingerprint density at radius 3 is 2.75 bits per heavy atom. The zero-order chi connectivity index (χ0) is 17.3. The molecule has 1 aliphatic heterocycles. The van der Waals surface area contributed by atoms with E-state index in [-0.39, 0.29) is 18.4 Å². The Morgan fingerprint density at radius 2 is 2.08 bits per heavy atom. The van der Waals surface area contributed by atoms with Gasteiger partial charge in [-0.05, 0) is 18.6 Å². The minimum atomic E-state index is -0.582. The molecule has 0 aliphatic carbocycles. The third-order valence-corrected chi connectivity index (χ3v) is 4.80. The summed E-state index contributed by atoms with van der Waals surface area (Å²) in [4.78, 5) is 26.0. The van der Waals surface area contributed by atoms with Crippen LogP contribution in [0.2, 0.25) is 0 Å². The molecule has 2 heterocycles. The van der Waals surface area contributed by atoms with Crippen molar-refractivity contribution < 1.29 is 14.3 Å². The van der Waals surface area contributed by atoms with E-state index in [0.717, 1.165) is 23.0 Å². The van der Waals surface area contributed by atoms with Gasteiger partial charge in [0.15, 0.2) is 0 Å². The second-order valence-electron chi connectivity index (χ2n) is 6.19. The number of carbonyl (C=O) groups excluding carboxylic acids is 2. The number of fused-ring (bicyclic) bond motifs is 1. The maximum Gasteiger partial charge on any atom is 0.240 e. The number of rotatable bonds is 5. The smallest absolute Gasteiger partial charge is 0.240 e. The van der Waals surface area contributed by atoms with Gasteiger partial charge in [0.25, 0.3) is 0 Å². The predicted octanol–water partition coefficient (Wildman–Crippen LogP) is 1.30. The van der Waals surface area contributed by atoms with Gasteiger partial charge in [-0.2, -0.15) is 0 Å². The van der Waals surface area contributed by atoms with Gasteiger partial charge >= 0.3 is 0 Å². The van der Waals surface area contributed by atoms with E-state index in [2.05, 4.69) is 17.6 Å². The summed E-state index contributed by atoms with van der Waals surface area (Å²) in [7, 11) is 1.59. The molecule has 3 rings (SSSR count). The molecule has 2 aromatic rings. The lowest BCUT2D eigenvalue weighted by atomic mass is 10.1. The zero-order valence-electron chi connectivity index (χ0n) is 14.1. The number of methoxy groups -OCH3 is 1. The molecule has 0 bridgehead atoms. The maximum absolute atomic E-state index is 12.8. The lowest BCUT2D eigenvalue weighted by Crippen LogP contribution is -2.44. The highest BCUT2D eigenvalue weighted by atomic mass is 16.5. The normalized spacial score (nSPS) is 20.7. The Kier molecular flexibility index (Phi) is 4.57. The van der Waals surface area contributed by atoms with E-state index in [1.54, 1.807) is 12.0 Å². The van der Waals surface area contributed by atoms with Crippen molar-refractivity contribution in [2.75, 3.05) is 13.7 Å². The molecule has 1 aliphatic rings. The van der Waals surface area contributed by atoms with Gasteiger partial charge in [0.2, 0.25) is 11.8 Å². The van der Waals surface area contributed by atoms with Gasteiger partial charge in [-0.15, -0.1) is 0 Å². The molecule has 128 valence electrons. The number of primary amides is 1. The highest BCUT2D eigenvalue weighted by Crippen LogP contribution is 2.25. The summed E-state index contributed by atoms with van der Waals surface area (Å²) in [6.45, 7) is 3.33. The lowest BCUT2D eigenvalue weighted by molar-refractivity contribution is -0.136. The zero-order valence-corrected chi connectivity index (χ0v) is 14.1. The number of aryl methyl sites for hydroxylation is 1. The quantitative estimate of drug-likeness (QED) is 0.898. The summed E-state index contributed by atoms with van der Waals surface area (Å²) < 4.78 is 7.44. The molecular formula is C18H23N3O3. The largest absolute Gasteiger partial charge is 0.380 e. The maximum atomic E-state index is 12.8. The number of nitrogens with two attached hydrogens (primary N) is 1. The second kappa shape index (κ2) is 6.65. The molecule has 2 N–H and O–H groups in total. The summed E-state index contributed by atoms with van der Waals surface area (Å²) >= 11 is 0. The second-order valence-corrected chi connectivity index (χ2v) is 6.19. The fourth-order valence-electron chi connectivity index (χ4n) is 3.50. The molecule has 1 saturated heterocycles. The number of ether oxygens (including phenoxy) is 1. The minimum Gasteiger partial charge on any atom is -0.380 e. The van der Waals surface area contributed by atoms with Crippen molar-refractivity contribution in [3.63, 3.8) is 0 Å². The number of likely N-dealkylation sites (tertiary alicyclic amines) is 1. The molecule has 0 saturated carbocycles. The minimum absolute atomic E-state index is 0.0858. The Bertz CT molecular complexity index is 768. The average molecular weight is 329 g/mol. The van der Waals surface area contributed by atoms with Gasteiger partial charge in [-0.25, -0.2) is 0 Å². The summed E-state index contributed by atoms with van der Waals surface area (Å²) in [5.41, 5.74) is 7.55. The number of nitrogens with zero attached hydrogens (tertiary/aromatic N) is 2. The van der Waals surface area contributed by atoms with Crippen LogP contribution in [0.3, 0.4) is 0 Å². The first kappa shape index (κ1) is 16.5. The summed E-state index contributed by atoms with van der Waals surface area (Å²) in [5.74, 6) is -0.559. The monoisotopic (exact) mass is 329 g/mol.